The zero-order valence-corrected chi connectivity index (χ0v) is 19.1. The van der Waals surface area contributed by atoms with Gasteiger partial charge in [-0.2, -0.15) is 0 Å². The van der Waals surface area contributed by atoms with Crippen molar-refractivity contribution < 1.29 is 19.1 Å². The quantitative estimate of drug-likeness (QED) is 0.303. The molecule has 1 fully saturated rings. The van der Waals surface area contributed by atoms with Gasteiger partial charge in [-0.05, 0) is 75.1 Å². The van der Waals surface area contributed by atoms with Crippen LogP contribution in [0.25, 0.3) is 10.8 Å². The van der Waals surface area contributed by atoms with Gasteiger partial charge in [0, 0.05) is 5.41 Å². The van der Waals surface area contributed by atoms with E-state index < -0.39 is 11.0 Å². The molecule has 1 saturated carbocycles. The van der Waals surface area contributed by atoms with E-state index in [9.17, 15) is 9.59 Å². The maximum atomic E-state index is 12.7. The Labute approximate surface area is 185 Å². The van der Waals surface area contributed by atoms with Gasteiger partial charge in [-0.1, -0.05) is 54.6 Å². The van der Waals surface area contributed by atoms with Gasteiger partial charge in [-0.25, -0.2) is 0 Å². The van der Waals surface area contributed by atoms with Crippen LogP contribution in [0.3, 0.4) is 0 Å². The van der Waals surface area contributed by atoms with E-state index in [4.69, 9.17) is 9.47 Å². The number of carbonyl (C=O) groups excluding carboxylic acids is 2. The minimum atomic E-state index is -0.545. The van der Waals surface area contributed by atoms with Crippen LogP contribution >= 0.6 is 0 Å². The zero-order valence-electron chi connectivity index (χ0n) is 19.1. The molecule has 0 bridgehead atoms. The fourth-order valence-electron chi connectivity index (χ4n) is 4.99. The molecule has 4 heteroatoms. The standard InChI is InChI=1S/C27H34O4/c1-19(2)23-12-13-27(17-30-18-28,16-25(29)31-26(3,4)5)15-24(23)22-11-10-20-8-6-7-9-21(20)14-22/h6-11,14,18,23-24H,1,12-13,15-17H2,2-5H3/t23-,24-,27-/m0/s1. The minimum Gasteiger partial charge on any atom is -0.467 e. The summed E-state index contributed by atoms with van der Waals surface area (Å²) in [6.07, 6.45) is 2.68. The van der Waals surface area contributed by atoms with Crippen molar-refractivity contribution in [1.82, 2.24) is 0 Å². The first-order chi connectivity index (χ1) is 14.6. The van der Waals surface area contributed by atoms with Crippen molar-refractivity contribution in [1.29, 1.82) is 0 Å². The van der Waals surface area contributed by atoms with E-state index in [1.807, 2.05) is 32.9 Å². The molecule has 2 aromatic rings. The molecule has 0 heterocycles. The summed E-state index contributed by atoms with van der Waals surface area (Å²) in [5.41, 5.74) is 1.41. The third kappa shape index (κ3) is 5.75. The van der Waals surface area contributed by atoms with Crippen LogP contribution in [0.2, 0.25) is 0 Å². The Morgan fingerprint density at radius 3 is 2.55 bits per heavy atom. The molecule has 0 saturated heterocycles. The van der Waals surface area contributed by atoms with Crippen molar-refractivity contribution >= 4 is 23.2 Å². The Bertz CT molecular complexity index is 955. The summed E-state index contributed by atoms with van der Waals surface area (Å²) in [7, 11) is 0. The smallest absolute Gasteiger partial charge is 0.307 e. The van der Waals surface area contributed by atoms with Crippen molar-refractivity contribution in [3.8, 4) is 0 Å². The molecule has 31 heavy (non-hydrogen) atoms. The summed E-state index contributed by atoms with van der Waals surface area (Å²) in [5, 5.41) is 2.41. The number of fused-ring (bicyclic) bond motifs is 1. The van der Waals surface area contributed by atoms with E-state index in [-0.39, 0.29) is 24.9 Å². The minimum absolute atomic E-state index is 0.202. The van der Waals surface area contributed by atoms with Gasteiger partial charge >= 0.3 is 5.97 Å². The Morgan fingerprint density at radius 1 is 1.19 bits per heavy atom. The number of rotatable bonds is 7. The van der Waals surface area contributed by atoms with Gasteiger partial charge in [0.05, 0.1) is 13.0 Å². The number of esters is 1. The number of hydrogen-bond acceptors (Lipinski definition) is 4. The molecule has 0 spiro atoms. The van der Waals surface area contributed by atoms with Gasteiger partial charge < -0.3 is 9.47 Å². The van der Waals surface area contributed by atoms with Gasteiger partial charge in [-0.15, -0.1) is 0 Å². The molecule has 0 unspecified atom stereocenters. The summed E-state index contributed by atoms with van der Waals surface area (Å²) >= 11 is 0. The van der Waals surface area contributed by atoms with Crippen LogP contribution in [0.15, 0.2) is 54.6 Å². The summed E-state index contributed by atoms with van der Waals surface area (Å²) in [5.74, 6) is 0.283. The van der Waals surface area contributed by atoms with Crippen LogP contribution in [-0.2, 0) is 19.1 Å². The molecule has 3 rings (SSSR count). The van der Waals surface area contributed by atoms with Gasteiger partial charge in [-0.3, -0.25) is 9.59 Å². The number of allylic oxidation sites excluding steroid dienone is 1. The lowest BCUT2D eigenvalue weighted by Crippen LogP contribution is -2.39. The topological polar surface area (TPSA) is 52.6 Å². The summed E-state index contributed by atoms with van der Waals surface area (Å²) in [6.45, 7) is 12.7. The lowest BCUT2D eigenvalue weighted by molar-refractivity contribution is -0.161. The summed E-state index contributed by atoms with van der Waals surface area (Å²) in [6, 6.07) is 14.9. The lowest BCUT2D eigenvalue weighted by atomic mass is 9.61. The Morgan fingerprint density at radius 2 is 1.90 bits per heavy atom. The average Bonchev–Trinajstić information content (AvgIpc) is 2.70. The molecule has 0 N–H and O–H groups in total. The Kier molecular flexibility index (Phi) is 6.88. The maximum absolute atomic E-state index is 12.7. The SMILES string of the molecule is C=C(C)[C@@H]1CC[C@@](COC=O)(CC(=O)OC(C)(C)C)C[C@H]1c1ccc2ccccc2c1. The molecule has 2 aromatic carbocycles. The highest BCUT2D eigenvalue weighted by atomic mass is 16.6. The molecule has 1 aliphatic carbocycles. The van der Waals surface area contributed by atoms with E-state index in [1.54, 1.807) is 0 Å². The molecule has 0 radical (unpaired) electrons. The molecular formula is C27H34O4. The maximum Gasteiger partial charge on any atom is 0.307 e. The normalized spacial score (nSPS) is 23.9. The molecule has 1 aliphatic rings. The van der Waals surface area contributed by atoms with Crippen LogP contribution in [0.1, 0.15) is 64.9 Å². The monoisotopic (exact) mass is 422 g/mol. The highest BCUT2D eigenvalue weighted by Gasteiger charge is 2.44. The average molecular weight is 423 g/mol. The molecule has 0 amide bonds. The molecule has 166 valence electrons. The first-order valence-corrected chi connectivity index (χ1v) is 11.0. The van der Waals surface area contributed by atoms with Gasteiger partial charge in [0.15, 0.2) is 0 Å². The Hall–Kier alpha value is -2.62. The highest BCUT2D eigenvalue weighted by Crippen LogP contribution is 2.51. The molecule has 0 aliphatic heterocycles. The first-order valence-electron chi connectivity index (χ1n) is 11.0. The molecule has 4 nitrogen and oxygen atoms in total. The van der Waals surface area contributed by atoms with Crippen LogP contribution < -0.4 is 0 Å². The fourth-order valence-corrected chi connectivity index (χ4v) is 4.99. The van der Waals surface area contributed by atoms with Gasteiger partial charge in [0.25, 0.3) is 6.47 Å². The van der Waals surface area contributed by atoms with Crippen molar-refractivity contribution in [3.63, 3.8) is 0 Å². The number of carbonyl (C=O) groups is 2. The largest absolute Gasteiger partial charge is 0.467 e. The van der Waals surface area contributed by atoms with Crippen LogP contribution in [-0.4, -0.2) is 24.6 Å². The van der Waals surface area contributed by atoms with Crippen LogP contribution in [0.5, 0.6) is 0 Å². The lowest BCUT2D eigenvalue weighted by Gasteiger charge is -2.44. The fraction of sp³-hybridized carbons (Fsp3) is 0.481. The van der Waals surface area contributed by atoms with E-state index in [1.165, 1.54) is 16.3 Å². The van der Waals surface area contributed by atoms with Crippen molar-refractivity contribution in [2.24, 2.45) is 11.3 Å². The summed E-state index contributed by atoms with van der Waals surface area (Å²) in [4.78, 5) is 23.8. The third-order valence-electron chi connectivity index (χ3n) is 6.36. The molecule has 3 atom stereocenters. The van der Waals surface area contributed by atoms with E-state index in [0.29, 0.717) is 12.4 Å². The highest BCUT2D eigenvalue weighted by molar-refractivity contribution is 5.83. The second-order valence-corrected chi connectivity index (χ2v) is 10.1. The third-order valence-corrected chi connectivity index (χ3v) is 6.36. The van der Waals surface area contributed by atoms with Gasteiger partial charge in [0.1, 0.15) is 5.60 Å². The molecule has 0 aromatic heterocycles. The number of benzene rings is 2. The van der Waals surface area contributed by atoms with Crippen molar-refractivity contribution in [2.75, 3.05) is 6.61 Å². The van der Waals surface area contributed by atoms with Crippen LogP contribution in [0, 0.1) is 11.3 Å². The number of hydrogen-bond donors (Lipinski definition) is 0. The van der Waals surface area contributed by atoms with E-state index in [0.717, 1.165) is 24.8 Å². The number of ether oxygens (including phenoxy) is 2. The molecular weight excluding hydrogens is 388 g/mol. The van der Waals surface area contributed by atoms with Crippen molar-refractivity contribution in [3.05, 3.63) is 60.2 Å². The first kappa shape index (κ1) is 23.1. The predicted molar refractivity (Wildman–Crippen MR) is 124 cm³/mol. The second-order valence-electron chi connectivity index (χ2n) is 10.1. The second kappa shape index (κ2) is 9.25. The summed E-state index contributed by atoms with van der Waals surface area (Å²) < 4.78 is 10.9. The Balaban J connectivity index is 1.95. The van der Waals surface area contributed by atoms with Crippen molar-refractivity contribution in [2.45, 2.75) is 64.9 Å². The zero-order chi connectivity index (χ0) is 22.6. The van der Waals surface area contributed by atoms with Crippen LogP contribution in [0.4, 0.5) is 0 Å². The van der Waals surface area contributed by atoms with Gasteiger partial charge in [0.2, 0.25) is 0 Å². The van der Waals surface area contributed by atoms with E-state index >= 15 is 0 Å². The van der Waals surface area contributed by atoms with E-state index in [2.05, 4.69) is 43.8 Å². The predicted octanol–water partition coefficient (Wildman–Crippen LogP) is 6.19.